The van der Waals surface area contributed by atoms with E-state index in [2.05, 4.69) is 24.5 Å². The summed E-state index contributed by atoms with van der Waals surface area (Å²) < 4.78 is 18.2. The monoisotopic (exact) mass is 404 g/mol. The van der Waals surface area contributed by atoms with Gasteiger partial charge in [0, 0.05) is 12.2 Å². The predicted molar refractivity (Wildman–Crippen MR) is 113 cm³/mol. The van der Waals surface area contributed by atoms with Crippen LogP contribution < -0.4 is 15.5 Å². The number of quaternary nitrogens is 1. The van der Waals surface area contributed by atoms with Gasteiger partial charge in [0.05, 0.1) is 18.7 Å². The minimum Gasteiger partial charge on any atom is -0.456 e. The molecule has 0 saturated carbocycles. The molecule has 0 spiro atoms. The number of anilines is 1. The van der Waals surface area contributed by atoms with Crippen LogP contribution in [0.4, 0.5) is 10.1 Å². The van der Waals surface area contributed by atoms with Crippen molar-refractivity contribution in [3.63, 3.8) is 0 Å². The van der Waals surface area contributed by atoms with Gasteiger partial charge >= 0.3 is 5.97 Å². The van der Waals surface area contributed by atoms with Crippen LogP contribution in [0.3, 0.4) is 0 Å². The van der Waals surface area contributed by atoms with E-state index in [1.54, 1.807) is 36.4 Å². The predicted octanol–water partition coefficient (Wildman–Crippen LogP) is 2.39. The molecule has 0 atom stereocenters. The second-order valence-corrected chi connectivity index (χ2v) is 6.76. The molecule has 5 nitrogen and oxygen atoms in total. The Bertz CT molecular complexity index is 762. The summed E-state index contributed by atoms with van der Waals surface area (Å²) in [6.07, 6.45) is 0. The van der Waals surface area contributed by atoms with Crippen molar-refractivity contribution in [2.75, 3.05) is 31.6 Å². The number of likely N-dealkylation sites (N-methyl/N-ethyl adjacent to an activating group) is 1. The number of halogens is 1. The fraction of sp³-hybridized carbons (Fsp3) is 0.333. The Balaban J connectivity index is 1.77. The maximum atomic E-state index is 12.9. The van der Waals surface area contributed by atoms with E-state index in [-0.39, 0.29) is 11.8 Å². The Labute approximate surface area is 170 Å². The van der Waals surface area contributed by atoms with Crippen LogP contribution in [0.25, 0.3) is 0 Å². The summed E-state index contributed by atoms with van der Waals surface area (Å²) in [7, 11) is 0. The van der Waals surface area contributed by atoms with E-state index < -0.39 is 0 Å². The number of hydrogen-bond donors (Lipinski definition) is 3. The van der Waals surface area contributed by atoms with Gasteiger partial charge in [-0.2, -0.15) is 0 Å². The fourth-order valence-electron chi connectivity index (χ4n) is 2.62. The molecule has 0 saturated heterocycles. The molecule has 0 radical (unpaired) electrons. The van der Waals surface area contributed by atoms with E-state index >= 15 is 0 Å². The fourth-order valence-corrected chi connectivity index (χ4v) is 2.81. The number of ether oxygens (including phenoxy) is 1. The van der Waals surface area contributed by atoms with Crippen molar-refractivity contribution in [3.8, 4) is 0 Å². The molecule has 0 fully saturated rings. The van der Waals surface area contributed by atoms with E-state index in [0.717, 1.165) is 30.9 Å². The molecule has 0 aliphatic heterocycles. The average Bonchev–Trinajstić information content (AvgIpc) is 2.71. The Hall–Kier alpha value is -2.51. The van der Waals surface area contributed by atoms with Crippen LogP contribution >= 0.6 is 12.2 Å². The molecule has 150 valence electrons. The van der Waals surface area contributed by atoms with Gasteiger partial charge in [0.2, 0.25) is 0 Å². The summed E-state index contributed by atoms with van der Waals surface area (Å²) in [5.74, 6) is -0.590. The van der Waals surface area contributed by atoms with Crippen LogP contribution in [0.5, 0.6) is 0 Å². The first kappa shape index (κ1) is 21.8. The van der Waals surface area contributed by atoms with Crippen LogP contribution in [0.15, 0.2) is 48.5 Å². The molecule has 7 heteroatoms. The Morgan fingerprint density at radius 2 is 1.71 bits per heavy atom. The van der Waals surface area contributed by atoms with Crippen molar-refractivity contribution < 1.29 is 18.8 Å². The number of carbonyl (C=O) groups is 1. The summed E-state index contributed by atoms with van der Waals surface area (Å²) in [4.78, 5) is 13.5. The standard InChI is InChI=1S/C21H26FN3O2S/c1-3-25(4-2)13-14-27-20(26)17-7-11-19(12-8-17)24-21(28)23-15-16-5-9-18(22)10-6-16/h5-12H,3-4,13-15H2,1-2H3,(H2,23,24,28)/p+1. The first-order chi connectivity index (χ1) is 13.5. The van der Waals surface area contributed by atoms with Crippen LogP contribution in [-0.2, 0) is 11.3 Å². The molecule has 0 bridgehead atoms. The van der Waals surface area contributed by atoms with E-state index in [0.29, 0.717) is 23.8 Å². The number of rotatable bonds is 9. The molecular formula is C21H27FN3O2S+. The van der Waals surface area contributed by atoms with Crippen molar-refractivity contribution in [1.82, 2.24) is 5.32 Å². The number of hydrogen-bond acceptors (Lipinski definition) is 3. The molecule has 2 rings (SSSR count). The maximum absolute atomic E-state index is 12.9. The summed E-state index contributed by atoms with van der Waals surface area (Å²) in [6, 6.07) is 13.2. The maximum Gasteiger partial charge on any atom is 0.338 e. The first-order valence-corrected chi connectivity index (χ1v) is 9.82. The van der Waals surface area contributed by atoms with Crippen molar-refractivity contribution in [1.29, 1.82) is 0 Å². The highest BCUT2D eigenvalue weighted by atomic mass is 32.1. The molecule has 2 aromatic rings. The lowest BCUT2D eigenvalue weighted by atomic mass is 10.2. The normalized spacial score (nSPS) is 10.6. The molecular weight excluding hydrogens is 377 g/mol. The highest BCUT2D eigenvalue weighted by Crippen LogP contribution is 2.11. The number of esters is 1. The number of thiocarbonyl (C=S) groups is 1. The van der Waals surface area contributed by atoms with Gasteiger partial charge in [-0.25, -0.2) is 9.18 Å². The lowest BCUT2D eigenvalue weighted by Gasteiger charge is -2.15. The third kappa shape index (κ3) is 7.25. The lowest BCUT2D eigenvalue weighted by Crippen LogP contribution is -3.11. The minimum absolute atomic E-state index is 0.266. The van der Waals surface area contributed by atoms with Gasteiger partial charge in [-0.15, -0.1) is 0 Å². The number of benzene rings is 2. The molecule has 0 unspecified atom stereocenters. The van der Waals surface area contributed by atoms with Crippen LogP contribution in [0.2, 0.25) is 0 Å². The average molecular weight is 405 g/mol. The largest absolute Gasteiger partial charge is 0.456 e. The van der Waals surface area contributed by atoms with Crippen molar-refractivity contribution >= 4 is 29.0 Å². The Morgan fingerprint density at radius 3 is 2.32 bits per heavy atom. The third-order valence-corrected chi connectivity index (χ3v) is 4.68. The van der Waals surface area contributed by atoms with Gasteiger partial charge in [-0.1, -0.05) is 12.1 Å². The van der Waals surface area contributed by atoms with Crippen molar-refractivity contribution in [3.05, 3.63) is 65.5 Å². The number of nitrogens with one attached hydrogen (secondary N) is 3. The molecule has 3 N–H and O–H groups in total. The Kier molecular flexibility index (Phi) is 8.84. The van der Waals surface area contributed by atoms with Crippen LogP contribution in [-0.4, -0.2) is 37.3 Å². The molecule has 28 heavy (non-hydrogen) atoms. The highest BCUT2D eigenvalue weighted by molar-refractivity contribution is 7.80. The van der Waals surface area contributed by atoms with E-state index in [1.807, 2.05) is 0 Å². The van der Waals surface area contributed by atoms with Crippen molar-refractivity contribution in [2.24, 2.45) is 0 Å². The molecule has 0 aliphatic carbocycles. The first-order valence-electron chi connectivity index (χ1n) is 9.41. The SMILES string of the molecule is CC[NH+](CC)CCOC(=O)c1ccc(NC(=S)NCc2ccc(F)cc2)cc1. The topological polar surface area (TPSA) is 54.8 Å². The third-order valence-electron chi connectivity index (χ3n) is 4.43. The summed E-state index contributed by atoms with van der Waals surface area (Å²) >= 11 is 5.26. The van der Waals surface area contributed by atoms with E-state index in [1.165, 1.54) is 17.0 Å². The van der Waals surface area contributed by atoms with E-state index in [4.69, 9.17) is 17.0 Å². The minimum atomic E-state index is -0.324. The van der Waals surface area contributed by atoms with Gasteiger partial charge in [-0.05, 0) is 68.0 Å². The highest BCUT2D eigenvalue weighted by Gasteiger charge is 2.09. The summed E-state index contributed by atoms with van der Waals surface area (Å²) in [5.41, 5.74) is 2.20. The lowest BCUT2D eigenvalue weighted by molar-refractivity contribution is -0.896. The Morgan fingerprint density at radius 1 is 1.07 bits per heavy atom. The zero-order chi connectivity index (χ0) is 20.4. The summed E-state index contributed by atoms with van der Waals surface area (Å²) in [5, 5.41) is 6.56. The zero-order valence-electron chi connectivity index (χ0n) is 16.3. The molecule has 0 aromatic heterocycles. The molecule has 0 heterocycles. The second kappa shape index (κ2) is 11.4. The molecule has 2 aromatic carbocycles. The summed E-state index contributed by atoms with van der Waals surface area (Å²) in [6.45, 7) is 7.98. The van der Waals surface area contributed by atoms with Crippen molar-refractivity contribution in [2.45, 2.75) is 20.4 Å². The molecule has 0 aliphatic rings. The second-order valence-electron chi connectivity index (χ2n) is 6.35. The van der Waals surface area contributed by atoms with E-state index in [9.17, 15) is 9.18 Å². The van der Waals surface area contributed by atoms with Crippen LogP contribution in [0, 0.1) is 5.82 Å². The quantitative estimate of drug-likeness (QED) is 0.443. The van der Waals surface area contributed by atoms with Gasteiger partial charge in [0.15, 0.2) is 5.11 Å². The smallest absolute Gasteiger partial charge is 0.338 e. The van der Waals surface area contributed by atoms with Gasteiger partial charge in [-0.3, -0.25) is 0 Å². The molecule has 0 amide bonds. The van der Waals surface area contributed by atoms with Crippen LogP contribution in [0.1, 0.15) is 29.8 Å². The zero-order valence-corrected chi connectivity index (χ0v) is 17.1. The van der Waals surface area contributed by atoms with Gasteiger partial charge in [0.1, 0.15) is 19.0 Å². The number of carbonyl (C=O) groups excluding carboxylic acids is 1. The van der Waals surface area contributed by atoms with Gasteiger partial charge in [0.25, 0.3) is 0 Å². The van der Waals surface area contributed by atoms with Gasteiger partial charge < -0.3 is 20.3 Å².